The van der Waals surface area contributed by atoms with E-state index in [1.807, 2.05) is 12.1 Å². The standard InChI is InChI=1S/C20H20ClNO/c1-14(18-8-4-6-15-5-2-3-7-19(15)18)22-13-20(23)16-9-11-17(21)12-10-16/h2-12,14,20,22-23H,13H2,1H3/t14-,20+/m1/s1. The van der Waals surface area contributed by atoms with E-state index < -0.39 is 6.10 Å². The summed E-state index contributed by atoms with van der Waals surface area (Å²) in [5.74, 6) is 0. The van der Waals surface area contributed by atoms with Crippen molar-refractivity contribution in [2.45, 2.75) is 19.1 Å². The molecule has 3 heteroatoms. The highest BCUT2D eigenvalue weighted by molar-refractivity contribution is 6.30. The van der Waals surface area contributed by atoms with Crippen molar-refractivity contribution in [1.82, 2.24) is 5.32 Å². The number of halogens is 1. The Bertz CT molecular complexity index is 780. The fourth-order valence-electron chi connectivity index (χ4n) is 2.83. The summed E-state index contributed by atoms with van der Waals surface area (Å²) in [7, 11) is 0. The van der Waals surface area contributed by atoms with Crippen molar-refractivity contribution < 1.29 is 5.11 Å². The molecule has 0 fully saturated rings. The van der Waals surface area contributed by atoms with Crippen LogP contribution >= 0.6 is 11.6 Å². The molecule has 2 N–H and O–H groups in total. The first-order valence-electron chi connectivity index (χ1n) is 7.80. The zero-order valence-electron chi connectivity index (χ0n) is 13.0. The minimum atomic E-state index is -0.551. The van der Waals surface area contributed by atoms with E-state index in [4.69, 9.17) is 11.6 Å². The Balaban J connectivity index is 1.71. The maximum atomic E-state index is 10.3. The first kappa shape index (κ1) is 16.0. The highest BCUT2D eigenvalue weighted by Crippen LogP contribution is 2.24. The molecule has 3 aromatic carbocycles. The Labute approximate surface area is 141 Å². The van der Waals surface area contributed by atoms with Gasteiger partial charge in [-0.2, -0.15) is 0 Å². The van der Waals surface area contributed by atoms with E-state index >= 15 is 0 Å². The molecule has 0 radical (unpaired) electrons. The van der Waals surface area contributed by atoms with E-state index in [0.29, 0.717) is 11.6 Å². The molecule has 0 heterocycles. The first-order chi connectivity index (χ1) is 11.1. The minimum Gasteiger partial charge on any atom is -0.387 e. The third-order valence-electron chi connectivity index (χ3n) is 4.16. The Morgan fingerprint density at radius 3 is 2.43 bits per heavy atom. The smallest absolute Gasteiger partial charge is 0.0914 e. The Hall–Kier alpha value is -1.87. The van der Waals surface area contributed by atoms with Crippen molar-refractivity contribution in [3.05, 3.63) is 82.9 Å². The number of aliphatic hydroxyl groups is 1. The van der Waals surface area contributed by atoms with Gasteiger partial charge in [0.15, 0.2) is 0 Å². The summed E-state index contributed by atoms with van der Waals surface area (Å²) in [5.41, 5.74) is 2.11. The molecule has 0 aliphatic rings. The van der Waals surface area contributed by atoms with Gasteiger partial charge < -0.3 is 10.4 Å². The van der Waals surface area contributed by atoms with Crippen LogP contribution in [0.1, 0.15) is 30.2 Å². The Morgan fingerprint density at radius 2 is 1.65 bits per heavy atom. The van der Waals surface area contributed by atoms with E-state index in [-0.39, 0.29) is 6.04 Å². The molecule has 0 spiro atoms. The maximum Gasteiger partial charge on any atom is 0.0914 e. The van der Waals surface area contributed by atoms with Crippen LogP contribution < -0.4 is 5.32 Å². The van der Waals surface area contributed by atoms with Gasteiger partial charge in [-0.1, -0.05) is 66.2 Å². The summed E-state index contributed by atoms with van der Waals surface area (Å²) in [6.07, 6.45) is -0.551. The van der Waals surface area contributed by atoms with Crippen molar-refractivity contribution in [1.29, 1.82) is 0 Å². The van der Waals surface area contributed by atoms with Gasteiger partial charge in [0.05, 0.1) is 6.10 Å². The Kier molecular flexibility index (Phi) is 4.97. The van der Waals surface area contributed by atoms with Gasteiger partial charge in [0.25, 0.3) is 0 Å². The summed E-state index contributed by atoms with van der Waals surface area (Å²) in [4.78, 5) is 0. The predicted molar refractivity (Wildman–Crippen MR) is 96.8 cm³/mol. The Morgan fingerprint density at radius 1 is 0.957 bits per heavy atom. The lowest BCUT2D eigenvalue weighted by Gasteiger charge is -2.19. The molecule has 3 aromatic rings. The number of rotatable bonds is 5. The summed E-state index contributed by atoms with van der Waals surface area (Å²) >= 11 is 5.88. The second-order valence-corrected chi connectivity index (χ2v) is 6.20. The molecule has 0 unspecified atom stereocenters. The molecular formula is C20H20ClNO. The summed E-state index contributed by atoms with van der Waals surface area (Å²) in [6, 6.07) is 22.2. The molecule has 0 amide bonds. The largest absolute Gasteiger partial charge is 0.387 e. The van der Waals surface area contributed by atoms with Crippen LogP contribution in [-0.2, 0) is 0 Å². The molecule has 2 atom stereocenters. The van der Waals surface area contributed by atoms with E-state index in [1.54, 1.807) is 12.1 Å². The molecular weight excluding hydrogens is 306 g/mol. The van der Waals surface area contributed by atoms with Crippen LogP contribution in [0.25, 0.3) is 10.8 Å². The molecule has 2 nitrogen and oxygen atoms in total. The molecule has 0 saturated carbocycles. The van der Waals surface area contributed by atoms with Crippen LogP contribution in [-0.4, -0.2) is 11.7 Å². The lowest BCUT2D eigenvalue weighted by molar-refractivity contribution is 0.171. The zero-order valence-corrected chi connectivity index (χ0v) is 13.8. The van der Waals surface area contributed by atoms with Gasteiger partial charge in [0.2, 0.25) is 0 Å². The van der Waals surface area contributed by atoms with E-state index in [9.17, 15) is 5.11 Å². The van der Waals surface area contributed by atoms with Crippen LogP contribution in [0.15, 0.2) is 66.7 Å². The molecule has 0 bridgehead atoms. The van der Waals surface area contributed by atoms with Crippen molar-refractivity contribution in [2.75, 3.05) is 6.54 Å². The third kappa shape index (κ3) is 3.73. The summed E-state index contributed by atoms with van der Waals surface area (Å²) in [5, 5.41) is 16.9. The lowest BCUT2D eigenvalue weighted by atomic mass is 9.99. The van der Waals surface area contributed by atoms with Crippen LogP contribution in [0.4, 0.5) is 0 Å². The van der Waals surface area contributed by atoms with Gasteiger partial charge in [-0.3, -0.25) is 0 Å². The average molecular weight is 326 g/mol. The highest BCUT2D eigenvalue weighted by atomic mass is 35.5. The number of hydrogen-bond donors (Lipinski definition) is 2. The number of benzene rings is 3. The number of hydrogen-bond acceptors (Lipinski definition) is 2. The van der Waals surface area contributed by atoms with Crippen molar-refractivity contribution >= 4 is 22.4 Å². The van der Waals surface area contributed by atoms with Crippen molar-refractivity contribution in [2.24, 2.45) is 0 Å². The molecule has 3 rings (SSSR count). The molecule has 0 aromatic heterocycles. The van der Waals surface area contributed by atoms with Crippen molar-refractivity contribution in [3.63, 3.8) is 0 Å². The van der Waals surface area contributed by atoms with Crippen LogP contribution in [0.5, 0.6) is 0 Å². The van der Waals surface area contributed by atoms with Gasteiger partial charge in [0.1, 0.15) is 0 Å². The second kappa shape index (κ2) is 7.14. The van der Waals surface area contributed by atoms with Gasteiger partial charge >= 0.3 is 0 Å². The fourth-order valence-corrected chi connectivity index (χ4v) is 2.96. The summed E-state index contributed by atoms with van der Waals surface area (Å²) in [6.45, 7) is 2.61. The van der Waals surface area contributed by atoms with E-state index in [2.05, 4.69) is 54.7 Å². The zero-order chi connectivity index (χ0) is 16.2. The van der Waals surface area contributed by atoms with Gasteiger partial charge in [-0.05, 0) is 41.0 Å². The molecule has 0 aliphatic carbocycles. The lowest BCUT2D eigenvalue weighted by Crippen LogP contribution is -2.24. The summed E-state index contributed by atoms with van der Waals surface area (Å²) < 4.78 is 0. The number of aliphatic hydroxyl groups excluding tert-OH is 1. The molecule has 0 saturated heterocycles. The van der Waals surface area contributed by atoms with Crippen LogP contribution in [0, 0.1) is 0 Å². The van der Waals surface area contributed by atoms with Gasteiger partial charge in [-0.15, -0.1) is 0 Å². The predicted octanol–water partition coefficient (Wildman–Crippen LogP) is 4.88. The van der Waals surface area contributed by atoms with E-state index in [1.165, 1.54) is 16.3 Å². The highest BCUT2D eigenvalue weighted by Gasteiger charge is 2.12. The SMILES string of the molecule is C[C@@H](NC[C@H](O)c1ccc(Cl)cc1)c1cccc2ccccc12. The van der Waals surface area contributed by atoms with Gasteiger partial charge in [-0.25, -0.2) is 0 Å². The maximum absolute atomic E-state index is 10.3. The van der Waals surface area contributed by atoms with Crippen molar-refractivity contribution in [3.8, 4) is 0 Å². The minimum absolute atomic E-state index is 0.156. The second-order valence-electron chi connectivity index (χ2n) is 5.77. The number of fused-ring (bicyclic) bond motifs is 1. The first-order valence-corrected chi connectivity index (χ1v) is 8.17. The van der Waals surface area contributed by atoms with Crippen LogP contribution in [0.2, 0.25) is 5.02 Å². The topological polar surface area (TPSA) is 32.3 Å². The van der Waals surface area contributed by atoms with E-state index in [0.717, 1.165) is 5.56 Å². The quantitative estimate of drug-likeness (QED) is 0.701. The normalized spacial score (nSPS) is 13.9. The average Bonchev–Trinajstić information content (AvgIpc) is 2.59. The van der Waals surface area contributed by atoms with Gasteiger partial charge in [0, 0.05) is 17.6 Å². The fraction of sp³-hybridized carbons (Fsp3) is 0.200. The number of nitrogens with one attached hydrogen (secondary N) is 1. The monoisotopic (exact) mass is 325 g/mol. The molecule has 23 heavy (non-hydrogen) atoms. The third-order valence-corrected chi connectivity index (χ3v) is 4.41. The molecule has 118 valence electrons. The van der Waals surface area contributed by atoms with Crippen LogP contribution in [0.3, 0.4) is 0 Å². The molecule has 0 aliphatic heterocycles.